The maximum atomic E-state index is 12.5. The van der Waals surface area contributed by atoms with Crippen LogP contribution in [0.3, 0.4) is 0 Å². The van der Waals surface area contributed by atoms with Crippen LogP contribution in [-0.4, -0.2) is 32.6 Å². The maximum absolute atomic E-state index is 12.5. The van der Waals surface area contributed by atoms with Crippen molar-refractivity contribution < 1.29 is 4.79 Å². The summed E-state index contributed by atoms with van der Waals surface area (Å²) in [6, 6.07) is 7.76. The Morgan fingerprint density at radius 2 is 2.08 bits per heavy atom. The van der Waals surface area contributed by atoms with E-state index >= 15 is 0 Å². The molecule has 0 aliphatic rings. The van der Waals surface area contributed by atoms with E-state index in [1.165, 1.54) is 0 Å². The number of carbonyl (C=O) groups is 1. The third kappa shape index (κ3) is 4.70. The van der Waals surface area contributed by atoms with Crippen molar-refractivity contribution in [2.24, 2.45) is 7.05 Å². The highest BCUT2D eigenvalue weighted by Crippen LogP contribution is 2.24. The first-order valence-electron chi connectivity index (χ1n) is 7.88. The molecule has 25 heavy (non-hydrogen) atoms. The molecule has 5 nitrogen and oxygen atoms in total. The van der Waals surface area contributed by atoms with E-state index < -0.39 is 0 Å². The fourth-order valence-corrected chi connectivity index (χ4v) is 3.95. The molecule has 0 spiro atoms. The lowest BCUT2D eigenvalue weighted by Gasteiger charge is -2.16. The molecule has 1 amide bonds. The maximum Gasteiger partial charge on any atom is 0.253 e. The van der Waals surface area contributed by atoms with Crippen LogP contribution in [-0.2, 0) is 19.3 Å². The summed E-state index contributed by atoms with van der Waals surface area (Å²) >= 11 is 3.40. The summed E-state index contributed by atoms with van der Waals surface area (Å²) in [7, 11) is 3.68. The predicted octanol–water partition coefficient (Wildman–Crippen LogP) is 3.75. The molecule has 0 saturated heterocycles. The Morgan fingerprint density at radius 1 is 1.32 bits per heavy atom. The van der Waals surface area contributed by atoms with Crippen LogP contribution in [0.25, 0.3) is 0 Å². The van der Waals surface area contributed by atoms with E-state index in [0.717, 1.165) is 26.9 Å². The van der Waals surface area contributed by atoms with Crippen LogP contribution in [0.1, 0.15) is 26.6 Å². The van der Waals surface area contributed by atoms with Gasteiger partial charge in [0.1, 0.15) is 0 Å². The highest BCUT2D eigenvalue weighted by atomic mass is 32.2. The monoisotopic (exact) mass is 372 g/mol. The molecule has 0 bridgehead atoms. The summed E-state index contributed by atoms with van der Waals surface area (Å²) in [5, 5.41) is 7.31. The number of amides is 1. The Kier molecular flexibility index (Phi) is 5.55. The molecule has 0 aliphatic carbocycles. The summed E-state index contributed by atoms with van der Waals surface area (Å²) in [5.41, 5.74) is 2.81. The van der Waals surface area contributed by atoms with Gasteiger partial charge in [0.05, 0.1) is 16.9 Å². The van der Waals surface area contributed by atoms with E-state index in [9.17, 15) is 4.79 Å². The van der Waals surface area contributed by atoms with Gasteiger partial charge in [-0.05, 0) is 31.2 Å². The lowest BCUT2D eigenvalue weighted by Crippen LogP contribution is -2.25. The Hall–Kier alpha value is -2.12. The van der Waals surface area contributed by atoms with Crippen LogP contribution < -0.4 is 0 Å². The topological polar surface area (TPSA) is 51.0 Å². The van der Waals surface area contributed by atoms with Gasteiger partial charge in [-0.3, -0.25) is 9.48 Å². The van der Waals surface area contributed by atoms with Gasteiger partial charge in [-0.2, -0.15) is 5.10 Å². The number of aryl methyl sites for hydroxylation is 2. The number of carbonyl (C=O) groups excluding carboxylic acids is 1. The zero-order valence-electron chi connectivity index (χ0n) is 14.5. The SMILES string of the molecule is Cc1nc(CSc2ccc(C(=O)N(C)Cc3cnn(C)c3)cc2)cs1. The second-order valence-electron chi connectivity index (χ2n) is 5.85. The molecular weight excluding hydrogens is 352 g/mol. The van der Waals surface area contributed by atoms with Crippen LogP contribution in [0.15, 0.2) is 46.9 Å². The fourth-order valence-electron chi connectivity index (χ4n) is 2.45. The van der Waals surface area contributed by atoms with E-state index in [4.69, 9.17) is 0 Å². The first kappa shape index (κ1) is 17.7. The number of hydrogen-bond acceptors (Lipinski definition) is 5. The second kappa shape index (κ2) is 7.84. The molecule has 0 radical (unpaired) electrons. The highest BCUT2D eigenvalue weighted by molar-refractivity contribution is 7.98. The Bertz CT molecular complexity index is 854. The molecular formula is C18H20N4OS2. The fraction of sp³-hybridized carbons (Fsp3) is 0.278. The number of aromatic nitrogens is 3. The number of thioether (sulfide) groups is 1. The van der Waals surface area contributed by atoms with Crippen LogP contribution in [0, 0.1) is 6.92 Å². The lowest BCUT2D eigenvalue weighted by molar-refractivity contribution is 0.0785. The zero-order chi connectivity index (χ0) is 17.8. The predicted molar refractivity (Wildman–Crippen MR) is 102 cm³/mol. The van der Waals surface area contributed by atoms with Crippen molar-refractivity contribution in [2.45, 2.75) is 24.1 Å². The zero-order valence-corrected chi connectivity index (χ0v) is 16.1. The summed E-state index contributed by atoms with van der Waals surface area (Å²) in [6.07, 6.45) is 3.70. The average molecular weight is 373 g/mol. The molecule has 3 aromatic rings. The summed E-state index contributed by atoms with van der Waals surface area (Å²) in [6.45, 7) is 2.56. The first-order valence-corrected chi connectivity index (χ1v) is 9.74. The van der Waals surface area contributed by atoms with Gasteiger partial charge in [0.25, 0.3) is 5.91 Å². The van der Waals surface area contributed by atoms with Gasteiger partial charge in [0.2, 0.25) is 0 Å². The molecule has 0 fully saturated rings. The van der Waals surface area contributed by atoms with Crippen LogP contribution in [0.4, 0.5) is 0 Å². The first-order chi connectivity index (χ1) is 12.0. The van der Waals surface area contributed by atoms with E-state index in [2.05, 4.69) is 15.5 Å². The van der Waals surface area contributed by atoms with Gasteiger partial charge in [-0.15, -0.1) is 23.1 Å². The average Bonchev–Trinajstić information content (AvgIpc) is 3.21. The normalized spacial score (nSPS) is 10.8. The minimum absolute atomic E-state index is 0.00975. The molecule has 0 atom stereocenters. The molecule has 0 aliphatic heterocycles. The number of benzene rings is 1. The molecule has 3 rings (SSSR count). The molecule has 7 heteroatoms. The lowest BCUT2D eigenvalue weighted by atomic mass is 10.2. The highest BCUT2D eigenvalue weighted by Gasteiger charge is 2.13. The smallest absolute Gasteiger partial charge is 0.253 e. The van der Waals surface area contributed by atoms with Crippen molar-refractivity contribution in [2.75, 3.05) is 7.05 Å². The molecule has 0 saturated carbocycles. The quantitative estimate of drug-likeness (QED) is 0.619. The summed E-state index contributed by atoms with van der Waals surface area (Å²) in [4.78, 5) is 19.8. The largest absolute Gasteiger partial charge is 0.337 e. The summed E-state index contributed by atoms with van der Waals surface area (Å²) in [5.74, 6) is 0.856. The van der Waals surface area contributed by atoms with Crippen molar-refractivity contribution in [3.63, 3.8) is 0 Å². The Balaban J connectivity index is 1.58. The van der Waals surface area contributed by atoms with Crippen LogP contribution in [0.2, 0.25) is 0 Å². The van der Waals surface area contributed by atoms with Crippen molar-refractivity contribution in [3.05, 3.63) is 63.9 Å². The molecule has 0 unspecified atom stereocenters. The van der Waals surface area contributed by atoms with Crippen molar-refractivity contribution >= 4 is 29.0 Å². The third-order valence-electron chi connectivity index (χ3n) is 3.68. The molecule has 0 N–H and O–H groups in total. The van der Waals surface area contributed by atoms with Crippen LogP contribution in [0.5, 0.6) is 0 Å². The van der Waals surface area contributed by atoms with E-state index in [1.54, 1.807) is 38.9 Å². The van der Waals surface area contributed by atoms with Gasteiger partial charge in [0, 0.05) is 54.0 Å². The van der Waals surface area contributed by atoms with Crippen molar-refractivity contribution in [3.8, 4) is 0 Å². The third-order valence-corrected chi connectivity index (χ3v) is 5.55. The number of thiazole rings is 1. The Labute approximate surface area is 155 Å². The van der Waals surface area contributed by atoms with Gasteiger partial charge in [-0.25, -0.2) is 4.98 Å². The molecule has 2 heterocycles. The van der Waals surface area contributed by atoms with Crippen molar-refractivity contribution in [1.29, 1.82) is 0 Å². The van der Waals surface area contributed by atoms with Gasteiger partial charge < -0.3 is 4.90 Å². The molecule has 2 aromatic heterocycles. The van der Waals surface area contributed by atoms with E-state index in [1.807, 2.05) is 51.5 Å². The molecule has 130 valence electrons. The minimum Gasteiger partial charge on any atom is -0.337 e. The standard InChI is InChI=1S/C18H20N4OS2/c1-13-20-16(11-24-13)12-25-17-6-4-15(5-7-17)18(23)21(2)9-14-8-19-22(3)10-14/h4-8,10-11H,9,12H2,1-3H3. The second-order valence-corrected chi connectivity index (χ2v) is 7.97. The minimum atomic E-state index is 0.00975. The Morgan fingerprint density at radius 3 is 2.68 bits per heavy atom. The number of hydrogen-bond donors (Lipinski definition) is 0. The van der Waals surface area contributed by atoms with E-state index in [0.29, 0.717) is 12.1 Å². The van der Waals surface area contributed by atoms with Crippen LogP contribution >= 0.6 is 23.1 Å². The van der Waals surface area contributed by atoms with Crippen molar-refractivity contribution in [1.82, 2.24) is 19.7 Å². The number of rotatable bonds is 6. The van der Waals surface area contributed by atoms with Gasteiger partial charge in [0.15, 0.2) is 0 Å². The van der Waals surface area contributed by atoms with E-state index in [-0.39, 0.29) is 5.91 Å². The molecule has 1 aromatic carbocycles. The number of nitrogens with zero attached hydrogens (tertiary/aromatic N) is 4. The summed E-state index contributed by atoms with van der Waals surface area (Å²) < 4.78 is 1.74. The van der Waals surface area contributed by atoms with Gasteiger partial charge >= 0.3 is 0 Å². The van der Waals surface area contributed by atoms with Gasteiger partial charge in [-0.1, -0.05) is 0 Å².